The molecule has 0 amide bonds. The Labute approximate surface area is 106 Å². The van der Waals surface area contributed by atoms with Crippen LogP contribution in [0.5, 0.6) is 0 Å². The molecule has 2 fully saturated rings. The highest BCUT2D eigenvalue weighted by atomic mass is 16.5. The van der Waals surface area contributed by atoms with Gasteiger partial charge in [-0.15, -0.1) is 0 Å². The third-order valence-corrected chi connectivity index (χ3v) is 4.54. The van der Waals surface area contributed by atoms with E-state index in [-0.39, 0.29) is 0 Å². The molecular formula is C14H28N2O. The van der Waals surface area contributed by atoms with Gasteiger partial charge in [-0.2, -0.15) is 0 Å². The number of nitrogens with zero attached hydrogens (tertiary/aromatic N) is 1. The monoisotopic (exact) mass is 240 g/mol. The molecule has 2 saturated heterocycles. The van der Waals surface area contributed by atoms with Gasteiger partial charge in [-0.1, -0.05) is 6.92 Å². The van der Waals surface area contributed by atoms with Gasteiger partial charge in [0.1, 0.15) is 0 Å². The summed E-state index contributed by atoms with van der Waals surface area (Å²) < 4.78 is 5.31. The molecule has 2 unspecified atom stereocenters. The smallest absolute Gasteiger partial charge is 0.0502 e. The Bertz CT molecular complexity index is 224. The fourth-order valence-corrected chi connectivity index (χ4v) is 3.51. The van der Waals surface area contributed by atoms with Crippen LogP contribution < -0.4 is 5.32 Å². The van der Waals surface area contributed by atoms with Crippen molar-refractivity contribution in [1.29, 1.82) is 0 Å². The second-order valence-electron chi connectivity index (χ2n) is 5.86. The molecule has 0 aromatic rings. The van der Waals surface area contributed by atoms with Gasteiger partial charge in [-0.3, -0.25) is 0 Å². The second kappa shape index (κ2) is 6.17. The quantitative estimate of drug-likeness (QED) is 0.794. The van der Waals surface area contributed by atoms with Gasteiger partial charge in [0.2, 0.25) is 0 Å². The van der Waals surface area contributed by atoms with Crippen molar-refractivity contribution in [3.8, 4) is 0 Å². The summed E-state index contributed by atoms with van der Waals surface area (Å²) in [7, 11) is 1.82. The number of nitrogens with one attached hydrogen (secondary N) is 1. The summed E-state index contributed by atoms with van der Waals surface area (Å²) in [6.45, 7) is 8.23. The van der Waals surface area contributed by atoms with Crippen molar-refractivity contribution in [1.82, 2.24) is 10.2 Å². The van der Waals surface area contributed by atoms with Gasteiger partial charge in [-0.05, 0) is 51.1 Å². The molecule has 100 valence electrons. The van der Waals surface area contributed by atoms with E-state index in [4.69, 9.17) is 4.74 Å². The van der Waals surface area contributed by atoms with Crippen LogP contribution in [-0.4, -0.2) is 50.3 Å². The highest BCUT2D eigenvalue weighted by Crippen LogP contribution is 2.26. The summed E-state index contributed by atoms with van der Waals surface area (Å²) in [5.74, 6) is 0.754. The molecule has 1 N–H and O–H groups in total. The van der Waals surface area contributed by atoms with E-state index in [0.717, 1.165) is 12.5 Å². The van der Waals surface area contributed by atoms with Crippen molar-refractivity contribution in [3.05, 3.63) is 0 Å². The lowest BCUT2D eigenvalue weighted by molar-refractivity contribution is 0.0748. The first-order chi connectivity index (χ1) is 8.28. The molecule has 0 aromatic carbocycles. The topological polar surface area (TPSA) is 24.5 Å². The van der Waals surface area contributed by atoms with Gasteiger partial charge < -0.3 is 15.0 Å². The van der Waals surface area contributed by atoms with Gasteiger partial charge in [0.05, 0.1) is 6.61 Å². The van der Waals surface area contributed by atoms with Gasteiger partial charge in [0, 0.05) is 25.7 Å². The Hall–Kier alpha value is -0.120. The summed E-state index contributed by atoms with van der Waals surface area (Å²) in [6.07, 6.45) is 6.65. The van der Waals surface area contributed by atoms with E-state index >= 15 is 0 Å². The highest BCUT2D eigenvalue weighted by molar-refractivity contribution is 4.95. The van der Waals surface area contributed by atoms with Gasteiger partial charge >= 0.3 is 0 Å². The predicted octanol–water partition coefficient (Wildman–Crippen LogP) is 1.88. The zero-order valence-corrected chi connectivity index (χ0v) is 11.5. The summed E-state index contributed by atoms with van der Waals surface area (Å²) >= 11 is 0. The molecule has 2 atom stereocenters. The number of hydrogen-bond donors (Lipinski definition) is 1. The van der Waals surface area contributed by atoms with E-state index in [9.17, 15) is 0 Å². The van der Waals surface area contributed by atoms with Crippen molar-refractivity contribution >= 4 is 0 Å². The number of hydrogen-bond acceptors (Lipinski definition) is 3. The van der Waals surface area contributed by atoms with E-state index in [1.54, 1.807) is 0 Å². The molecule has 0 aromatic heterocycles. The van der Waals surface area contributed by atoms with E-state index in [1.807, 2.05) is 7.11 Å². The number of methoxy groups -OCH3 is 1. The molecule has 2 heterocycles. The number of rotatable bonds is 5. The minimum absolute atomic E-state index is 0.412. The Balaban J connectivity index is 1.85. The maximum absolute atomic E-state index is 5.31. The van der Waals surface area contributed by atoms with Gasteiger partial charge in [0.15, 0.2) is 0 Å². The highest BCUT2D eigenvalue weighted by Gasteiger charge is 2.34. The molecule has 3 heteroatoms. The average Bonchev–Trinajstić information content (AvgIpc) is 2.79. The van der Waals surface area contributed by atoms with Crippen molar-refractivity contribution in [2.45, 2.75) is 44.6 Å². The van der Waals surface area contributed by atoms with Gasteiger partial charge in [-0.25, -0.2) is 0 Å². The summed E-state index contributed by atoms with van der Waals surface area (Å²) in [4.78, 5) is 2.66. The fourth-order valence-electron chi connectivity index (χ4n) is 3.51. The van der Waals surface area contributed by atoms with Crippen LogP contribution in [0.1, 0.15) is 39.0 Å². The van der Waals surface area contributed by atoms with E-state index in [2.05, 4.69) is 17.1 Å². The van der Waals surface area contributed by atoms with Crippen LogP contribution in [-0.2, 0) is 4.74 Å². The lowest BCUT2D eigenvalue weighted by atomic mass is 9.91. The molecule has 17 heavy (non-hydrogen) atoms. The standard InChI is InChI=1S/C14H28N2O/c1-3-14(7-5-8-15-14)12-16-9-4-6-13(10-16)11-17-2/h13,15H,3-12H2,1-2H3. The van der Waals surface area contributed by atoms with Crippen molar-refractivity contribution < 1.29 is 4.74 Å². The lowest BCUT2D eigenvalue weighted by Gasteiger charge is -2.39. The Morgan fingerprint density at radius 1 is 1.41 bits per heavy atom. The number of piperidine rings is 1. The first-order valence-corrected chi connectivity index (χ1v) is 7.24. The Morgan fingerprint density at radius 3 is 2.94 bits per heavy atom. The lowest BCUT2D eigenvalue weighted by Crippen LogP contribution is -2.52. The predicted molar refractivity (Wildman–Crippen MR) is 71.3 cm³/mol. The minimum atomic E-state index is 0.412. The first kappa shape index (κ1) is 13.3. The summed E-state index contributed by atoms with van der Waals surface area (Å²) in [5.41, 5.74) is 0.412. The van der Waals surface area contributed by atoms with Crippen LogP contribution in [0.3, 0.4) is 0 Å². The fraction of sp³-hybridized carbons (Fsp3) is 1.00. The SMILES string of the molecule is CCC1(CN2CCCC(COC)C2)CCCN1. The molecule has 0 bridgehead atoms. The van der Waals surface area contributed by atoms with Crippen LogP contribution >= 0.6 is 0 Å². The van der Waals surface area contributed by atoms with E-state index in [0.29, 0.717) is 5.54 Å². The summed E-state index contributed by atoms with van der Waals surface area (Å²) in [6, 6.07) is 0. The number of ether oxygens (including phenoxy) is 1. The summed E-state index contributed by atoms with van der Waals surface area (Å²) in [5, 5.41) is 3.74. The number of likely N-dealkylation sites (tertiary alicyclic amines) is 1. The largest absolute Gasteiger partial charge is 0.384 e. The van der Waals surface area contributed by atoms with Crippen molar-refractivity contribution in [3.63, 3.8) is 0 Å². The zero-order valence-electron chi connectivity index (χ0n) is 11.5. The molecular weight excluding hydrogens is 212 g/mol. The van der Waals surface area contributed by atoms with Crippen molar-refractivity contribution in [2.75, 3.05) is 39.9 Å². The van der Waals surface area contributed by atoms with Crippen LogP contribution in [0.25, 0.3) is 0 Å². The zero-order chi connectivity index (χ0) is 12.1. The molecule has 0 saturated carbocycles. The van der Waals surface area contributed by atoms with Crippen LogP contribution in [0, 0.1) is 5.92 Å². The molecule has 0 radical (unpaired) electrons. The van der Waals surface area contributed by atoms with Gasteiger partial charge in [0.25, 0.3) is 0 Å². The third-order valence-electron chi connectivity index (χ3n) is 4.54. The normalized spacial score (nSPS) is 35.3. The second-order valence-corrected chi connectivity index (χ2v) is 5.86. The van der Waals surface area contributed by atoms with Crippen LogP contribution in [0.4, 0.5) is 0 Å². The molecule has 2 aliphatic rings. The average molecular weight is 240 g/mol. The van der Waals surface area contributed by atoms with E-state index < -0.39 is 0 Å². The minimum Gasteiger partial charge on any atom is -0.384 e. The van der Waals surface area contributed by atoms with Crippen molar-refractivity contribution in [2.24, 2.45) is 5.92 Å². The first-order valence-electron chi connectivity index (χ1n) is 7.24. The van der Waals surface area contributed by atoms with E-state index in [1.165, 1.54) is 58.3 Å². The Kier molecular flexibility index (Phi) is 4.83. The maximum atomic E-state index is 5.31. The molecule has 0 aliphatic carbocycles. The third kappa shape index (κ3) is 3.43. The van der Waals surface area contributed by atoms with Crippen LogP contribution in [0.15, 0.2) is 0 Å². The maximum Gasteiger partial charge on any atom is 0.0502 e. The molecule has 3 nitrogen and oxygen atoms in total. The van der Waals surface area contributed by atoms with Crippen LogP contribution in [0.2, 0.25) is 0 Å². The Morgan fingerprint density at radius 2 is 2.29 bits per heavy atom. The molecule has 2 rings (SSSR count). The molecule has 0 spiro atoms. The molecule has 2 aliphatic heterocycles.